The summed E-state index contributed by atoms with van der Waals surface area (Å²) in [4.78, 5) is 4.16. The zero-order chi connectivity index (χ0) is 19.7. The maximum absolute atomic E-state index is 12.6. The van der Waals surface area contributed by atoms with Crippen molar-refractivity contribution in [2.24, 2.45) is 4.99 Å². The summed E-state index contributed by atoms with van der Waals surface area (Å²) in [6.07, 6.45) is 1.60. The van der Waals surface area contributed by atoms with Gasteiger partial charge in [-0.25, -0.2) is 8.42 Å². The van der Waals surface area contributed by atoms with Crippen molar-refractivity contribution in [3.05, 3.63) is 35.4 Å². The van der Waals surface area contributed by atoms with Gasteiger partial charge < -0.3 is 10.6 Å². The average Bonchev–Trinajstić information content (AvgIpc) is 2.61. The molecule has 0 spiro atoms. The Balaban J connectivity index is 1.47. The van der Waals surface area contributed by atoms with E-state index >= 15 is 0 Å². The molecule has 10 heteroatoms. The van der Waals surface area contributed by atoms with E-state index in [-0.39, 0.29) is 19.1 Å². The molecule has 1 heterocycles. The van der Waals surface area contributed by atoms with Gasteiger partial charge in [-0.05, 0) is 30.4 Å². The van der Waals surface area contributed by atoms with Gasteiger partial charge in [-0.2, -0.15) is 17.5 Å². The van der Waals surface area contributed by atoms with Crippen molar-refractivity contribution in [1.82, 2.24) is 14.9 Å². The third-order valence-electron chi connectivity index (χ3n) is 5.13. The summed E-state index contributed by atoms with van der Waals surface area (Å²) in [6, 6.07) is 8.14. The highest BCUT2D eigenvalue weighted by Crippen LogP contribution is 2.34. The Morgan fingerprint density at radius 1 is 1.26 bits per heavy atom. The molecule has 0 bridgehead atoms. The number of sulfonamides is 1. The molecule has 1 aromatic rings. The molecular formula is C17H23F3N4O2S. The molecule has 6 nitrogen and oxygen atoms in total. The lowest BCUT2D eigenvalue weighted by atomic mass is 9.78. The van der Waals surface area contributed by atoms with Crippen LogP contribution >= 0.6 is 0 Å². The van der Waals surface area contributed by atoms with Crippen molar-refractivity contribution in [2.45, 2.75) is 36.7 Å². The van der Waals surface area contributed by atoms with Crippen LogP contribution < -0.4 is 10.6 Å². The molecule has 0 radical (unpaired) electrons. The van der Waals surface area contributed by atoms with Gasteiger partial charge in [0, 0.05) is 38.6 Å². The minimum Gasteiger partial charge on any atom is -0.356 e. The van der Waals surface area contributed by atoms with Crippen LogP contribution in [0.1, 0.15) is 29.9 Å². The largest absolute Gasteiger partial charge is 0.511 e. The molecule has 1 aliphatic carbocycles. The average molecular weight is 404 g/mol. The molecule has 1 aromatic carbocycles. The molecule has 1 saturated heterocycles. The van der Waals surface area contributed by atoms with Crippen LogP contribution in [0, 0.1) is 0 Å². The Labute approximate surface area is 156 Å². The highest BCUT2D eigenvalue weighted by atomic mass is 32.2. The van der Waals surface area contributed by atoms with E-state index in [9.17, 15) is 21.6 Å². The fourth-order valence-corrected chi connectivity index (χ4v) is 4.52. The van der Waals surface area contributed by atoms with Crippen molar-refractivity contribution in [3.8, 4) is 0 Å². The number of hydrogen-bond donors (Lipinski definition) is 2. The third-order valence-corrected chi connectivity index (χ3v) is 6.76. The first kappa shape index (κ1) is 19.9. The SMILES string of the molecule is CN=C(NCC1Cc2ccccc21)NC1CCN(S(=O)(=O)C(F)(F)F)CC1. The molecule has 1 fully saturated rings. The molecule has 2 N–H and O–H groups in total. The molecule has 2 aliphatic rings. The Bertz CT molecular complexity index is 803. The van der Waals surface area contributed by atoms with E-state index in [2.05, 4.69) is 27.8 Å². The van der Waals surface area contributed by atoms with Crippen LogP contribution in [0.4, 0.5) is 13.2 Å². The topological polar surface area (TPSA) is 73.8 Å². The van der Waals surface area contributed by atoms with Crippen molar-refractivity contribution >= 4 is 16.0 Å². The van der Waals surface area contributed by atoms with E-state index in [1.54, 1.807) is 7.05 Å². The van der Waals surface area contributed by atoms with E-state index < -0.39 is 15.5 Å². The van der Waals surface area contributed by atoms with Crippen LogP contribution in [-0.4, -0.2) is 56.9 Å². The first-order valence-corrected chi connectivity index (χ1v) is 10.3. The second-order valence-electron chi connectivity index (χ2n) is 6.82. The highest BCUT2D eigenvalue weighted by Gasteiger charge is 2.50. The van der Waals surface area contributed by atoms with Gasteiger partial charge in [-0.3, -0.25) is 4.99 Å². The van der Waals surface area contributed by atoms with Crippen molar-refractivity contribution in [2.75, 3.05) is 26.7 Å². The first-order chi connectivity index (χ1) is 12.7. The minimum atomic E-state index is -5.25. The van der Waals surface area contributed by atoms with E-state index in [1.165, 1.54) is 11.1 Å². The van der Waals surface area contributed by atoms with E-state index in [0.717, 1.165) is 13.0 Å². The summed E-state index contributed by atoms with van der Waals surface area (Å²) in [5.41, 5.74) is -2.57. The monoisotopic (exact) mass is 404 g/mol. The number of aliphatic imine (C=N–C) groups is 1. The van der Waals surface area contributed by atoms with E-state index in [1.807, 2.05) is 12.1 Å². The van der Waals surface area contributed by atoms with Gasteiger partial charge in [0.2, 0.25) is 0 Å². The maximum atomic E-state index is 12.6. The molecular weight excluding hydrogens is 381 g/mol. The molecule has 0 aromatic heterocycles. The van der Waals surface area contributed by atoms with Crippen LogP contribution in [0.5, 0.6) is 0 Å². The van der Waals surface area contributed by atoms with E-state index in [4.69, 9.17) is 0 Å². The zero-order valence-corrected chi connectivity index (χ0v) is 15.8. The summed E-state index contributed by atoms with van der Waals surface area (Å²) in [5, 5.41) is 6.43. The quantitative estimate of drug-likeness (QED) is 0.593. The van der Waals surface area contributed by atoms with Gasteiger partial charge in [-0.15, -0.1) is 0 Å². The van der Waals surface area contributed by atoms with Crippen LogP contribution in [-0.2, 0) is 16.4 Å². The van der Waals surface area contributed by atoms with Gasteiger partial charge in [-0.1, -0.05) is 24.3 Å². The Kier molecular flexibility index (Phi) is 5.66. The summed E-state index contributed by atoms with van der Waals surface area (Å²) in [6.45, 7) is 0.400. The molecule has 0 saturated carbocycles. The summed E-state index contributed by atoms with van der Waals surface area (Å²) in [7, 11) is -3.61. The second kappa shape index (κ2) is 7.67. The van der Waals surface area contributed by atoms with E-state index in [0.29, 0.717) is 29.0 Å². The number of hydrogen-bond acceptors (Lipinski definition) is 3. The fraction of sp³-hybridized carbons (Fsp3) is 0.588. The number of rotatable bonds is 4. The van der Waals surface area contributed by atoms with Crippen molar-refractivity contribution in [3.63, 3.8) is 0 Å². The van der Waals surface area contributed by atoms with Gasteiger partial charge in [0.25, 0.3) is 0 Å². The smallest absolute Gasteiger partial charge is 0.356 e. The molecule has 27 heavy (non-hydrogen) atoms. The number of piperidine rings is 1. The maximum Gasteiger partial charge on any atom is 0.511 e. The standard InChI is InChI=1S/C17H23F3N4O2S/c1-21-16(22-11-13-10-12-4-2-3-5-15(12)13)23-14-6-8-24(9-7-14)27(25,26)17(18,19)20/h2-5,13-14H,6-11H2,1H3,(H2,21,22,23). The molecule has 1 atom stereocenters. The Morgan fingerprint density at radius 3 is 2.52 bits per heavy atom. The van der Waals surface area contributed by atoms with Crippen molar-refractivity contribution in [1.29, 1.82) is 0 Å². The van der Waals surface area contributed by atoms with Crippen LogP contribution in [0.3, 0.4) is 0 Å². The summed E-state index contributed by atoms with van der Waals surface area (Å²) >= 11 is 0. The van der Waals surface area contributed by atoms with Crippen molar-refractivity contribution < 1.29 is 21.6 Å². The van der Waals surface area contributed by atoms with Crippen LogP contribution in [0.25, 0.3) is 0 Å². The number of guanidine groups is 1. The minimum absolute atomic E-state index is 0.121. The number of benzene rings is 1. The number of fused-ring (bicyclic) bond motifs is 1. The molecule has 1 aliphatic heterocycles. The molecule has 3 rings (SSSR count). The molecule has 1 unspecified atom stereocenters. The Morgan fingerprint density at radius 2 is 1.93 bits per heavy atom. The number of nitrogens with zero attached hydrogens (tertiary/aromatic N) is 2. The first-order valence-electron chi connectivity index (χ1n) is 8.84. The molecule has 0 amide bonds. The molecule has 150 valence electrons. The Hall–Kier alpha value is -1.81. The predicted octanol–water partition coefficient (Wildman–Crippen LogP) is 1.81. The second-order valence-corrected chi connectivity index (χ2v) is 8.75. The summed E-state index contributed by atoms with van der Waals surface area (Å²) in [5.74, 6) is 0.995. The van der Waals surface area contributed by atoms with Gasteiger partial charge in [0.05, 0.1) is 0 Å². The number of alkyl halides is 3. The number of nitrogens with one attached hydrogen (secondary N) is 2. The van der Waals surface area contributed by atoms with Gasteiger partial charge >= 0.3 is 15.5 Å². The third kappa shape index (κ3) is 4.21. The number of halogens is 3. The fourth-order valence-electron chi connectivity index (χ4n) is 3.54. The van der Waals surface area contributed by atoms with Crippen LogP contribution in [0.15, 0.2) is 29.3 Å². The predicted molar refractivity (Wildman–Crippen MR) is 97.0 cm³/mol. The lowest BCUT2D eigenvalue weighted by Gasteiger charge is -2.34. The highest BCUT2D eigenvalue weighted by molar-refractivity contribution is 7.90. The normalized spacial score (nSPS) is 22.1. The summed E-state index contributed by atoms with van der Waals surface area (Å²) < 4.78 is 61.3. The lowest BCUT2D eigenvalue weighted by Crippen LogP contribution is -2.52. The van der Waals surface area contributed by atoms with Crippen LogP contribution in [0.2, 0.25) is 0 Å². The zero-order valence-electron chi connectivity index (χ0n) is 15.0. The lowest BCUT2D eigenvalue weighted by molar-refractivity contribution is -0.0494. The van der Waals surface area contributed by atoms with Gasteiger partial charge in [0.15, 0.2) is 5.96 Å². The van der Waals surface area contributed by atoms with Gasteiger partial charge in [0.1, 0.15) is 0 Å².